The molecule has 1 unspecified atom stereocenters. The van der Waals surface area contributed by atoms with Crippen LogP contribution in [0.4, 0.5) is 4.79 Å². The number of amides is 3. The molecule has 0 aliphatic carbocycles. The average molecular weight is 217 g/mol. The number of primary amides is 1. The van der Waals surface area contributed by atoms with E-state index in [1.165, 1.54) is 0 Å². The van der Waals surface area contributed by atoms with Crippen LogP contribution in [-0.4, -0.2) is 36.2 Å². The largest absolute Gasteiger partial charge is 0.392 e. The van der Waals surface area contributed by atoms with Crippen LogP contribution in [0.5, 0.6) is 0 Å². The molecule has 0 spiro atoms. The normalized spacial score (nSPS) is 12.5. The number of aliphatic hydroxyl groups excluding tert-OH is 1. The van der Waals surface area contributed by atoms with Gasteiger partial charge in [-0.3, -0.25) is 10.1 Å². The molecule has 0 saturated carbocycles. The lowest BCUT2D eigenvalue weighted by Crippen LogP contribution is -2.42. The van der Waals surface area contributed by atoms with Crippen molar-refractivity contribution >= 4 is 11.9 Å². The maximum absolute atomic E-state index is 10.9. The van der Waals surface area contributed by atoms with Gasteiger partial charge in [0.1, 0.15) is 0 Å². The number of rotatable bonds is 6. The summed E-state index contributed by atoms with van der Waals surface area (Å²) in [6.07, 6.45) is 0.191. The van der Waals surface area contributed by atoms with E-state index in [1.54, 1.807) is 0 Å². The predicted molar refractivity (Wildman–Crippen MR) is 56.1 cm³/mol. The number of urea groups is 1. The third kappa shape index (κ3) is 9.17. The molecule has 0 radical (unpaired) electrons. The number of hydrogen-bond acceptors (Lipinski definition) is 4. The molecule has 15 heavy (non-hydrogen) atoms. The molecule has 3 amide bonds. The SMILES string of the molecule is CC(C)CC(O)CNCC(=O)NC(N)=O. The molecule has 0 heterocycles. The van der Waals surface area contributed by atoms with Crippen molar-refractivity contribution in [3.63, 3.8) is 0 Å². The number of carbonyl (C=O) groups excluding carboxylic acids is 2. The third-order valence-electron chi connectivity index (χ3n) is 1.67. The highest BCUT2D eigenvalue weighted by molar-refractivity contribution is 5.94. The molecule has 0 fully saturated rings. The summed E-state index contributed by atoms with van der Waals surface area (Å²) in [5.41, 5.74) is 4.74. The van der Waals surface area contributed by atoms with Crippen LogP contribution in [0.15, 0.2) is 0 Å². The van der Waals surface area contributed by atoms with Crippen LogP contribution < -0.4 is 16.4 Å². The molecule has 0 rings (SSSR count). The molecule has 6 heteroatoms. The maximum atomic E-state index is 10.9. The number of aliphatic hydroxyl groups is 1. The Kier molecular flexibility index (Phi) is 6.64. The first kappa shape index (κ1) is 13.9. The fourth-order valence-electron chi connectivity index (χ4n) is 1.16. The Morgan fingerprint density at radius 2 is 2.00 bits per heavy atom. The van der Waals surface area contributed by atoms with Crippen LogP contribution in [0.1, 0.15) is 20.3 Å². The quantitative estimate of drug-likeness (QED) is 0.466. The molecule has 1 atom stereocenters. The van der Waals surface area contributed by atoms with Crippen LogP contribution in [0.2, 0.25) is 0 Å². The van der Waals surface area contributed by atoms with Gasteiger partial charge in [0.2, 0.25) is 5.91 Å². The zero-order valence-electron chi connectivity index (χ0n) is 9.12. The van der Waals surface area contributed by atoms with E-state index in [-0.39, 0.29) is 6.54 Å². The Balaban J connectivity index is 3.52. The first-order valence-electron chi connectivity index (χ1n) is 4.90. The Morgan fingerprint density at radius 1 is 1.40 bits per heavy atom. The third-order valence-corrected chi connectivity index (χ3v) is 1.67. The van der Waals surface area contributed by atoms with E-state index >= 15 is 0 Å². The van der Waals surface area contributed by atoms with Crippen molar-refractivity contribution in [2.24, 2.45) is 11.7 Å². The van der Waals surface area contributed by atoms with Gasteiger partial charge in [0.05, 0.1) is 12.6 Å². The summed E-state index contributed by atoms with van der Waals surface area (Å²) in [6.45, 7) is 4.30. The number of nitrogens with two attached hydrogens (primary N) is 1. The van der Waals surface area contributed by atoms with Gasteiger partial charge in [0.25, 0.3) is 0 Å². The van der Waals surface area contributed by atoms with Crippen molar-refractivity contribution in [1.29, 1.82) is 0 Å². The molecular formula is C9H19N3O3. The molecule has 0 aliphatic heterocycles. The van der Waals surface area contributed by atoms with E-state index in [4.69, 9.17) is 5.73 Å². The minimum atomic E-state index is -0.871. The fraction of sp³-hybridized carbons (Fsp3) is 0.778. The van der Waals surface area contributed by atoms with Crippen LogP contribution in [-0.2, 0) is 4.79 Å². The van der Waals surface area contributed by atoms with Crippen LogP contribution in [0, 0.1) is 5.92 Å². The van der Waals surface area contributed by atoms with E-state index in [0.29, 0.717) is 18.9 Å². The van der Waals surface area contributed by atoms with Crippen LogP contribution in [0.25, 0.3) is 0 Å². The summed E-state index contributed by atoms with van der Waals surface area (Å²) >= 11 is 0. The van der Waals surface area contributed by atoms with E-state index < -0.39 is 18.0 Å². The molecule has 0 aromatic carbocycles. The first-order valence-corrected chi connectivity index (χ1v) is 4.90. The van der Waals surface area contributed by atoms with Gasteiger partial charge in [-0.15, -0.1) is 0 Å². The number of nitrogens with one attached hydrogen (secondary N) is 2. The van der Waals surface area contributed by atoms with E-state index in [2.05, 4.69) is 5.32 Å². The summed E-state index contributed by atoms with van der Waals surface area (Å²) in [5.74, 6) is -0.0968. The molecule has 0 saturated heterocycles. The zero-order chi connectivity index (χ0) is 11.8. The second-order valence-electron chi connectivity index (χ2n) is 3.83. The smallest absolute Gasteiger partial charge is 0.318 e. The molecule has 0 aromatic rings. The topological polar surface area (TPSA) is 104 Å². The predicted octanol–water partition coefficient (Wildman–Crippen LogP) is -0.822. The second-order valence-corrected chi connectivity index (χ2v) is 3.83. The van der Waals surface area contributed by atoms with E-state index in [1.807, 2.05) is 19.2 Å². The summed E-state index contributed by atoms with van der Waals surface area (Å²) < 4.78 is 0. The van der Waals surface area contributed by atoms with Gasteiger partial charge in [0.15, 0.2) is 0 Å². The summed E-state index contributed by atoms with van der Waals surface area (Å²) in [4.78, 5) is 21.2. The maximum Gasteiger partial charge on any atom is 0.318 e. The Labute approximate surface area is 89.2 Å². The van der Waals surface area contributed by atoms with E-state index in [0.717, 1.165) is 0 Å². The van der Waals surface area contributed by atoms with Gasteiger partial charge in [0, 0.05) is 6.54 Å². The standard InChI is InChI=1S/C9H19N3O3/c1-6(2)3-7(13)4-11-5-8(14)12-9(10)15/h6-7,11,13H,3-5H2,1-2H3,(H3,10,12,14,15). The lowest BCUT2D eigenvalue weighted by Gasteiger charge is -2.13. The van der Waals surface area contributed by atoms with Crippen molar-refractivity contribution in [2.45, 2.75) is 26.4 Å². The fourth-order valence-corrected chi connectivity index (χ4v) is 1.16. The van der Waals surface area contributed by atoms with Gasteiger partial charge in [-0.05, 0) is 12.3 Å². The highest BCUT2D eigenvalue weighted by atomic mass is 16.3. The van der Waals surface area contributed by atoms with Crippen LogP contribution >= 0.6 is 0 Å². The second kappa shape index (κ2) is 7.19. The van der Waals surface area contributed by atoms with Gasteiger partial charge in [-0.2, -0.15) is 0 Å². The van der Waals surface area contributed by atoms with Gasteiger partial charge in [-0.25, -0.2) is 4.79 Å². The minimum absolute atomic E-state index is 0.0297. The molecule has 88 valence electrons. The van der Waals surface area contributed by atoms with Gasteiger partial charge >= 0.3 is 6.03 Å². The number of carbonyl (C=O) groups is 2. The minimum Gasteiger partial charge on any atom is -0.392 e. The zero-order valence-corrected chi connectivity index (χ0v) is 9.12. The lowest BCUT2D eigenvalue weighted by atomic mass is 10.1. The van der Waals surface area contributed by atoms with Crippen LogP contribution in [0.3, 0.4) is 0 Å². The Morgan fingerprint density at radius 3 is 2.47 bits per heavy atom. The van der Waals surface area contributed by atoms with Crippen molar-refractivity contribution in [3.8, 4) is 0 Å². The molecule has 0 bridgehead atoms. The lowest BCUT2D eigenvalue weighted by molar-refractivity contribution is -0.119. The van der Waals surface area contributed by atoms with Crippen molar-refractivity contribution in [2.75, 3.05) is 13.1 Å². The monoisotopic (exact) mass is 217 g/mol. The molecule has 0 aromatic heterocycles. The van der Waals surface area contributed by atoms with Crippen molar-refractivity contribution < 1.29 is 14.7 Å². The summed E-state index contributed by atoms with van der Waals surface area (Å²) in [7, 11) is 0. The van der Waals surface area contributed by atoms with Gasteiger partial charge in [-0.1, -0.05) is 13.8 Å². The van der Waals surface area contributed by atoms with E-state index in [9.17, 15) is 14.7 Å². The Bertz CT molecular complexity index is 219. The molecule has 6 nitrogen and oxygen atoms in total. The number of imide groups is 1. The molecule has 0 aliphatic rings. The first-order chi connectivity index (χ1) is 6.91. The highest BCUT2D eigenvalue weighted by Crippen LogP contribution is 2.02. The van der Waals surface area contributed by atoms with Gasteiger partial charge < -0.3 is 16.2 Å². The molecular weight excluding hydrogens is 198 g/mol. The highest BCUT2D eigenvalue weighted by Gasteiger charge is 2.08. The Hall–Kier alpha value is -1.14. The summed E-state index contributed by atoms with van der Waals surface area (Å²) in [6, 6.07) is -0.871. The van der Waals surface area contributed by atoms with Crippen molar-refractivity contribution in [3.05, 3.63) is 0 Å². The average Bonchev–Trinajstić information content (AvgIpc) is 2.00. The molecule has 5 N–H and O–H groups in total. The van der Waals surface area contributed by atoms with Crippen molar-refractivity contribution in [1.82, 2.24) is 10.6 Å². The summed E-state index contributed by atoms with van der Waals surface area (Å²) in [5, 5.41) is 14.1. The number of hydrogen-bond donors (Lipinski definition) is 4.